The van der Waals surface area contributed by atoms with Crippen molar-refractivity contribution in [3.63, 3.8) is 0 Å². The molecule has 0 saturated carbocycles. The smallest absolute Gasteiger partial charge is 0.306 e. The number of nitrogens with zero attached hydrogens (tertiary/aromatic N) is 4. The van der Waals surface area contributed by atoms with Gasteiger partial charge >= 0.3 is 5.97 Å². The normalized spacial score (nSPS) is 16.0. The van der Waals surface area contributed by atoms with Crippen molar-refractivity contribution in [2.75, 3.05) is 27.2 Å². The molecule has 0 aliphatic carbocycles. The van der Waals surface area contributed by atoms with Crippen LogP contribution in [0.2, 0.25) is 0 Å². The number of carbonyl (C=O) groups is 2. The number of hydrogen-bond acceptors (Lipinski definition) is 4. The van der Waals surface area contributed by atoms with E-state index in [9.17, 15) is 9.59 Å². The van der Waals surface area contributed by atoms with E-state index in [2.05, 4.69) is 4.98 Å². The van der Waals surface area contributed by atoms with Crippen LogP contribution in [0, 0.1) is 5.92 Å². The van der Waals surface area contributed by atoms with Crippen molar-refractivity contribution in [1.82, 2.24) is 19.2 Å². The van der Waals surface area contributed by atoms with Gasteiger partial charge in [-0.05, 0) is 39.1 Å². The Bertz CT molecular complexity index is 760. The highest BCUT2D eigenvalue weighted by atomic mass is 16.4. The molecule has 3 rings (SSSR count). The topological polar surface area (TPSA) is 78.2 Å². The van der Waals surface area contributed by atoms with Gasteiger partial charge in [0.2, 0.25) is 0 Å². The number of piperidine rings is 1. The second kappa shape index (κ2) is 6.60. The highest BCUT2D eigenvalue weighted by Gasteiger charge is 2.30. The molecule has 3 heterocycles. The van der Waals surface area contributed by atoms with Gasteiger partial charge in [0.25, 0.3) is 5.91 Å². The summed E-state index contributed by atoms with van der Waals surface area (Å²) in [7, 11) is 3.91. The molecule has 0 radical (unpaired) electrons. The van der Waals surface area contributed by atoms with Crippen LogP contribution in [0.25, 0.3) is 5.65 Å². The average molecular weight is 330 g/mol. The van der Waals surface area contributed by atoms with E-state index < -0.39 is 5.97 Å². The second-order valence-corrected chi connectivity index (χ2v) is 6.48. The van der Waals surface area contributed by atoms with Crippen molar-refractivity contribution in [2.45, 2.75) is 19.4 Å². The maximum absolute atomic E-state index is 12.9. The Morgan fingerprint density at radius 3 is 2.62 bits per heavy atom. The highest BCUT2D eigenvalue weighted by Crippen LogP contribution is 2.21. The summed E-state index contributed by atoms with van der Waals surface area (Å²) in [5.74, 6) is -1.24. The Hall–Kier alpha value is -2.41. The Kier molecular flexibility index (Phi) is 4.53. The molecule has 7 nitrogen and oxygen atoms in total. The van der Waals surface area contributed by atoms with E-state index in [1.54, 1.807) is 4.90 Å². The van der Waals surface area contributed by atoms with Crippen molar-refractivity contribution in [2.24, 2.45) is 5.92 Å². The third-order valence-corrected chi connectivity index (χ3v) is 4.43. The maximum atomic E-state index is 12.9. The summed E-state index contributed by atoms with van der Waals surface area (Å²) < 4.78 is 1.94. The summed E-state index contributed by atoms with van der Waals surface area (Å²) in [5.41, 5.74) is 2.07. The van der Waals surface area contributed by atoms with Gasteiger partial charge in [-0.15, -0.1) is 0 Å². The van der Waals surface area contributed by atoms with Crippen LogP contribution >= 0.6 is 0 Å². The zero-order valence-corrected chi connectivity index (χ0v) is 14.0. The molecule has 1 aliphatic heterocycles. The fraction of sp³-hybridized carbons (Fsp3) is 0.471. The molecule has 0 atom stereocenters. The van der Waals surface area contributed by atoms with Gasteiger partial charge in [0, 0.05) is 25.8 Å². The number of rotatable bonds is 4. The fourth-order valence-electron chi connectivity index (χ4n) is 3.15. The Balaban J connectivity index is 1.88. The van der Waals surface area contributed by atoms with Gasteiger partial charge < -0.3 is 19.3 Å². The van der Waals surface area contributed by atoms with E-state index in [0.29, 0.717) is 38.2 Å². The first-order valence-corrected chi connectivity index (χ1v) is 8.10. The molecular formula is C17H22N4O3. The molecule has 2 aromatic heterocycles. The number of hydrogen-bond donors (Lipinski definition) is 1. The first-order chi connectivity index (χ1) is 11.5. The van der Waals surface area contributed by atoms with Gasteiger partial charge in [0.15, 0.2) is 5.69 Å². The van der Waals surface area contributed by atoms with Crippen LogP contribution in [0.3, 0.4) is 0 Å². The minimum Gasteiger partial charge on any atom is -0.481 e. The minimum absolute atomic E-state index is 0.112. The summed E-state index contributed by atoms with van der Waals surface area (Å²) in [4.78, 5) is 32.3. The van der Waals surface area contributed by atoms with Crippen LogP contribution in [-0.2, 0) is 11.3 Å². The number of aromatic nitrogens is 2. The summed E-state index contributed by atoms with van der Waals surface area (Å²) in [6.07, 6.45) is 2.91. The number of likely N-dealkylation sites (tertiary alicyclic amines) is 1. The van der Waals surface area contributed by atoms with Gasteiger partial charge in [0.1, 0.15) is 5.65 Å². The number of fused-ring (bicyclic) bond motifs is 1. The number of carboxylic acids is 1. The summed E-state index contributed by atoms with van der Waals surface area (Å²) >= 11 is 0. The molecular weight excluding hydrogens is 308 g/mol. The molecule has 24 heavy (non-hydrogen) atoms. The van der Waals surface area contributed by atoms with Crippen LogP contribution in [0.15, 0.2) is 24.4 Å². The molecule has 1 aliphatic rings. The molecule has 2 aromatic rings. The fourth-order valence-corrected chi connectivity index (χ4v) is 3.15. The third kappa shape index (κ3) is 3.12. The van der Waals surface area contributed by atoms with Crippen molar-refractivity contribution in [3.05, 3.63) is 35.8 Å². The highest BCUT2D eigenvalue weighted by molar-refractivity contribution is 5.94. The van der Waals surface area contributed by atoms with Crippen molar-refractivity contribution in [1.29, 1.82) is 0 Å². The average Bonchev–Trinajstić information content (AvgIpc) is 2.92. The lowest BCUT2D eigenvalue weighted by molar-refractivity contribution is -0.143. The van der Waals surface area contributed by atoms with Gasteiger partial charge in [-0.25, -0.2) is 4.98 Å². The lowest BCUT2D eigenvalue weighted by Gasteiger charge is -2.30. The van der Waals surface area contributed by atoms with E-state index in [1.807, 2.05) is 47.8 Å². The monoisotopic (exact) mass is 330 g/mol. The summed E-state index contributed by atoms with van der Waals surface area (Å²) in [6.45, 7) is 1.54. The lowest BCUT2D eigenvalue weighted by Crippen LogP contribution is -2.40. The van der Waals surface area contributed by atoms with Crippen LogP contribution < -0.4 is 0 Å². The lowest BCUT2D eigenvalue weighted by atomic mass is 9.97. The second-order valence-electron chi connectivity index (χ2n) is 6.48. The van der Waals surface area contributed by atoms with Gasteiger partial charge in [-0.2, -0.15) is 0 Å². The van der Waals surface area contributed by atoms with Crippen LogP contribution in [0.5, 0.6) is 0 Å². The van der Waals surface area contributed by atoms with Gasteiger partial charge in [-0.3, -0.25) is 9.59 Å². The van der Waals surface area contributed by atoms with Crippen molar-refractivity contribution >= 4 is 17.5 Å². The first kappa shape index (κ1) is 16.4. The molecule has 1 fully saturated rings. The van der Waals surface area contributed by atoms with Crippen LogP contribution in [-0.4, -0.2) is 63.4 Å². The number of carbonyl (C=O) groups excluding carboxylic acids is 1. The quantitative estimate of drug-likeness (QED) is 0.915. The minimum atomic E-state index is -0.775. The van der Waals surface area contributed by atoms with E-state index in [1.165, 1.54) is 0 Å². The first-order valence-electron chi connectivity index (χ1n) is 8.10. The maximum Gasteiger partial charge on any atom is 0.306 e. The largest absolute Gasteiger partial charge is 0.481 e. The summed E-state index contributed by atoms with van der Waals surface area (Å²) in [6, 6.07) is 5.70. The van der Waals surface area contributed by atoms with Crippen LogP contribution in [0.1, 0.15) is 29.0 Å². The van der Waals surface area contributed by atoms with Crippen LogP contribution in [0.4, 0.5) is 0 Å². The standard InChI is InChI=1S/C17H22N4O3/c1-19(2)11-13-15(18-14-5-3-4-8-21(13)14)16(22)20-9-6-12(7-10-20)17(23)24/h3-5,8,12H,6-7,9-11H2,1-2H3,(H,23,24). The van der Waals surface area contributed by atoms with E-state index >= 15 is 0 Å². The number of aliphatic carboxylic acids is 1. The molecule has 1 amide bonds. The zero-order valence-electron chi connectivity index (χ0n) is 14.0. The van der Waals surface area contributed by atoms with Crippen molar-refractivity contribution < 1.29 is 14.7 Å². The number of pyridine rings is 1. The number of amides is 1. The molecule has 128 valence electrons. The molecule has 0 aromatic carbocycles. The SMILES string of the molecule is CN(C)Cc1c(C(=O)N2CCC(C(=O)O)CC2)nc2ccccn12. The number of carboxylic acid groups (broad SMARTS) is 1. The predicted molar refractivity (Wildman–Crippen MR) is 88.8 cm³/mol. The molecule has 7 heteroatoms. The molecule has 1 N–H and O–H groups in total. The Morgan fingerprint density at radius 1 is 1.29 bits per heavy atom. The molecule has 0 unspecified atom stereocenters. The molecule has 1 saturated heterocycles. The Morgan fingerprint density at radius 2 is 2.00 bits per heavy atom. The van der Waals surface area contributed by atoms with Crippen molar-refractivity contribution in [3.8, 4) is 0 Å². The predicted octanol–water partition coefficient (Wildman–Crippen LogP) is 1.33. The molecule has 0 spiro atoms. The van der Waals surface area contributed by atoms with E-state index in [4.69, 9.17) is 5.11 Å². The van der Waals surface area contributed by atoms with E-state index in [0.717, 1.165) is 11.3 Å². The zero-order chi connectivity index (χ0) is 17.3. The van der Waals surface area contributed by atoms with Gasteiger partial charge in [-0.1, -0.05) is 6.07 Å². The Labute approximate surface area is 140 Å². The third-order valence-electron chi connectivity index (χ3n) is 4.43. The van der Waals surface area contributed by atoms with Gasteiger partial charge in [0.05, 0.1) is 11.6 Å². The summed E-state index contributed by atoms with van der Waals surface area (Å²) in [5, 5.41) is 9.09. The molecule has 0 bridgehead atoms. The van der Waals surface area contributed by atoms with E-state index in [-0.39, 0.29) is 11.8 Å². The number of imidazole rings is 1.